The minimum atomic E-state index is -0.691. The molecule has 31 heavy (non-hydrogen) atoms. The van der Waals surface area contributed by atoms with E-state index < -0.39 is 6.10 Å². The second kappa shape index (κ2) is 8.63. The van der Waals surface area contributed by atoms with Crippen LogP contribution in [0, 0.1) is 5.21 Å². The molecule has 2 aromatic carbocycles. The van der Waals surface area contributed by atoms with E-state index in [4.69, 9.17) is 4.74 Å². The number of hydrogen-bond acceptors (Lipinski definition) is 4. The van der Waals surface area contributed by atoms with Gasteiger partial charge in [-0.1, -0.05) is 24.3 Å². The molecule has 0 bridgehead atoms. The van der Waals surface area contributed by atoms with Crippen molar-refractivity contribution in [2.45, 2.75) is 26.0 Å². The van der Waals surface area contributed by atoms with Gasteiger partial charge in [0.05, 0.1) is 5.39 Å². The Hall–Kier alpha value is -3.61. The van der Waals surface area contributed by atoms with Gasteiger partial charge in [-0.2, -0.15) is 4.73 Å². The minimum Gasteiger partial charge on any atom is -0.619 e. The predicted octanol–water partition coefficient (Wildman–Crippen LogP) is 2.61. The van der Waals surface area contributed by atoms with Gasteiger partial charge in [-0.25, -0.2) is 0 Å². The highest BCUT2D eigenvalue weighted by Crippen LogP contribution is 2.26. The lowest BCUT2D eigenvalue weighted by Gasteiger charge is -2.40. The number of hydrogen-bond donors (Lipinski definition) is 0. The lowest BCUT2D eigenvalue weighted by atomic mass is 10.1. The fourth-order valence-corrected chi connectivity index (χ4v) is 3.99. The summed E-state index contributed by atoms with van der Waals surface area (Å²) in [5.74, 6) is 0.422. The van der Waals surface area contributed by atoms with Crippen LogP contribution in [0.2, 0.25) is 0 Å². The third-order valence-electron chi connectivity index (χ3n) is 5.62. The van der Waals surface area contributed by atoms with Crippen LogP contribution < -0.4 is 9.47 Å². The van der Waals surface area contributed by atoms with Crippen molar-refractivity contribution in [2.75, 3.05) is 19.6 Å². The fraction of sp³-hybridized carbons (Fsp3) is 0.292. The van der Waals surface area contributed by atoms with Gasteiger partial charge >= 0.3 is 0 Å². The summed E-state index contributed by atoms with van der Waals surface area (Å²) >= 11 is 0. The number of aromatic nitrogens is 1. The largest absolute Gasteiger partial charge is 0.619 e. The molecule has 7 nitrogen and oxygen atoms in total. The molecule has 7 heteroatoms. The molecule has 1 aliphatic heterocycles. The molecule has 2 atom stereocenters. The molecular formula is C24H25N3O4. The standard InChI is InChI=1S/C24H25N3O4/c1-17-15-25(24(29)19-7-4-3-5-8-19)13-14-27(17)23(28)18(2)31-22-10-6-9-20-16-26(30)12-11-21(20)22/h3-12,16-18H,13-15H2,1-2H3/t17-,18+/m1/s1. The van der Waals surface area contributed by atoms with E-state index in [0.29, 0.717) is 30.9 Å². The monoisotopic (exact) mass is 419 g/mol. The highest BCUT2D eigenvalue weighted by Gasteiger charge is 2.33. The van der Waals surface area contributed by atoms with E-state index >= 15 is 0 Å². The molecule has 0 spiro atoms. The van der Waals surface area contributed by atoms with E-state index in [0.717, 1.165) is 15.5 Å². The molecule has 1 saturated heterocycles. The molecule has 0 unspecified atom stereocenters. The van der Waals surface area contributed by atoms with E-state index in [1.165, 1.54) is 12.4 Å². The van der Waals surface area contributed by atoms with Crippen LogP contribution in [-0.2, 0) is 4.79 Å². The second-order valence-corrected chi connectivity index (χ2v) is 7.82. The Morgan fingerprint density at radius 2 is 1.87 bits per heavy atom. The second-order valence-electron chi connectivity index (χ2n) is 7.82. The number of carbonyl (C=O) groups excluding carboxylic acids is 2. The molecule has 2 amide bonds. The minimum absolute atomic E-state index is 0.0183. The van der Waals surface area contributed by atoms with Crippen LogP contribution in [0.5, 0.6) is 5.75 Å². The lowest BCUT2D eigenvalue weighted by Crippen LogP contribution is -2.57. The van der Waals surface area contributed by atoms with E-state index in [-0.39, 0.29) is 17.9 Å². The average molecular weight is 419 g/mol. The van der Waals surface area contributed by atoms with Crippen molar-refractivity contribution in [1.82, 2.24) is 9.80 Å². The first-order chi connectivity index (χ1) is 14.9. The first-order valence-electron chi connectivity index (χ1n) is 10.4. The van der Waals surface area contributed by atoms with Crippen LogP contribution in [-0.4, -0.2) is 53.4 Å². The van der Waals surface area contributed by atoms with E-state index in [2.05, 4.69) is 0 Å². The van der Waals surface area contributed by atoms with E-state index in [1.54, 1.807) is 47.1 Å². The molecule has 2 heterocycles. The summed E-state index contributed by atoms with van der Waals surface area (Å²) in [4.78, 5) is 29.4. The maximum Gasteiger partial charge on any atom is 0.263 e. The quantitative estimate of drug-likeness (QED) is 0.481. The normalized spacial score (nSPS) is 17.4. The third kappa shape index (κ3) is 4.30. The Morgan fingerprint density at radius 3 is 2.61 bits per heavy atom. The van der Waals surface area contributed by atoms with Crippen molar-refractivity contribution in [3.05, 3.63) is 77.8 Å². The van der Waals surface area contributed by atoms with Crippen molar-refractivity contribution >= 4 is 22.6 Å². The van der Waals surface area contributed by atoms with Crippen LogP contribution in [0.15, 0.2) is 67.0 Å². The van der Waals surface area contributed by atoms with Gasteiger partial charge in [0.15, 0.2) is 18.5 Å². The molecule has 1 aliphatic rings. The SMILES string of the molecule is C[C@H](Oc1cccc2c[n+]([O-])ccc12)C(=O)N1CCN(C(=O)c2ccccc2)C[C@H]1C. The fourth-order valence-electron chi connectivity index (χ4n) is 3.99. The summed E-state index contributed by atoms with van der Waals surface area (Å²) in [6.45, 7) is 5.09. The van der Waals surface area contributed by atoms with Crippen molar-refractivity contribution in [3.63, 3.8) is 0 Å². The Morgan fingerprint density at radius 1 is 1.10 bits per heavy atom. The van der Waals surface area contributed by atoms with E-state index in [1.807, 2.05) is 31.2 Å². The molecule has 0 saturated carbocycles. The van der Waals surface area contributed by atoms with Gasteiger partial charge < -0.3 is 19.7 Å². The Labute approximate surface area is 181 Å². The third-order valence-corrected chi connectivity index (χ3v) is 5.62. The number of nitrogens with zero attached hydrogens (tertiary/aromatic N) is 3. The van der Waals surface area contributed by atoms with Crippen LogP contribution in [0.3, 0.4) is 0 Å². The number of ether oxygens (including phenoxy) is 1. The van der Waals surface area contributed by atoms with Gasteiger partial charge in [-0.15, -0.1) is 0 Å². The van der Waals surface area contributed by atoms with Gasteiger partial charge in [-0.05, 0) is 38.1 Å². The van der Waals surface area contributed by atoms with Gasteiger partial charge in [-0.3, -0.25) is 9.59 Å². The van der Waals surface area contributed by atoms with Crippen LogP contribution in [0.4, 0.5) is 0 Å². The number of fused-ring (bicyclic) bond motifs is 1. The number of pyridine rings is 1. The Kier molecular flexibility index (Phi) is 5.75. The number of carbonyl (C=O) groups is 2. The summed E-state index contributed by atoms with van der Waals surface area (Å²) in [6, 6.07) is 16.2. The van der Waals surface area contributed by atoms with Crippen LogP contribution in [0.25, 0.3) is 10.8 Å². The van der Waals surface area contributed by atoms with Crippen molar-refractivity contribution < 1.29 is 19.1 Å². The highest BCUT2D eigenvalue weighted by molar-refractivity contribution is 5.94. The smallest absolute Gasteiger partial charge is 0.263 e. The first kappa shape index (κ1) is 20.7. The summed E-state index contributed by atoms with van der Waals surface area (Å²) in [5, 5.41) is 13.0. The molecule has 3 aromatic rings. The van der Waals surface area contributed by atoms with Gasteiger partial charge in [0.1, 0.15) is 5.75 Å². The highest BCUT2D eigenvalue weighted by atomic mass is 16.5. The number of rotatable bonds is 4. The molecule has 0 aliphatic carbocycles. The topological polar surface area (TPSA) is 76.8 Å². The molecular weight excluding hydrogens is 394 g/mol. The predicted molar refractivity (Wildman–Crippen MR) is 117 cm³/mol. The van der Waals surface area contributed by atoms with Crippen molar-refractivity contribution in [1.29, 1.82) is 0 Å². The lowest BCUT2D eigenvalue weighted by molar-refractivity contribution is -0.603. The van der Waals surface area contributed by atoms with Gasteiger partial charge in [0.25, 0.3) is 11.8 Å². The summed E-state index contributed by atoms with van der Waals surface area (Å²) in [5.41, 5.74) is 0.654. The van der Waals surface area contributed by atoms with Crippen LogP contribution in [0.1, 0.15) is 24.2 Å². The number of benzene rings is 2. The zero-order valence-electron chi connectivity index (χ0n) is 17.6. The number of amides is 2. The maximum absolute atomic E-state index is 13.1. The maximum atomic E-state index is 13.1. The average Bonchev–Trinajstić information content (AvgIpc) is 2.78. The zero-order chi connectivity index (χ0) is 22.0. The van der Waals surface area contributed by atoms with Gasteiger partial charge in [0, 0.05) is 42.7 Å². The molecule has 1 fully saturated rings. The van der Waals surface area contributed by atoms with Crippen LogP contribution >= 0.6 is 0 Å². The molecule has 4 rings (SSSR count). The Bertz CT molecular complexity index is 1100. The number of piperazine rings is 1. The van der Waals surface area contributed by atoms with E-state index in [9.17, 15) is 14.8 Å². The zero-order valence-corrected chi connectivity index (χ0v) is 17.6. The molecule has 0 radical (unpaired) electrons. The Balaban J connectivity index is 1.42. The summed E-state index contributed by atoms with van der Waals surface area (Å²) in [6.07, 6.45) is 2.19. The van der Waals surface area contributed by atoms with Crippen molar-refractivity contribution in [3.8, 4) is 5.75 Å². The molecule has 160 valence electrons. The van der Waals surface area contributed by atoms with Crippen molar-refractivity contribution in [2.24, 2.45) is 0 Å². The van der Waals surface area contributed by atoms with Gasteiger partial charge in [0.2, 0.25) is 0 Å². The first-order valence-corrected chi connectivity index (χ1v) is 10.4. The summed E-state index contributed by atoms with van der Waals surface area (Å²) in [7, 11) is 0. The molecule has 1 aromatic heterocycles. The summed E-state index contributed by atoms with van der Waals surface area (Å²) < 4.78 is 6.73. The molecule has 0 N–H and O–H groups in total.